The minimum Gasteiger partial charge on any atom is -0.378 e. The van der Waals surface area contributed by atoms with Gasteiger partial charge in [-0.05, 0) is 19.3 Å². The van der Waals surface area contributed by atoms with Crippen LogP contribution in [0.1, 0.15) is 19.3 Å². The Bertz CT molecular complexity index is 708. The smallest absolute Gasteiger partial charge is 0.234 e. The van der Waals surface area contributed by atoms with E-state index in [0.29, 0.717) is 32.0 Å². The first kappa shape index (κ1) is 20.9. The van der Waals surface area contributed by atoms with Crippen molar-refractivity contribution in [1.29, 1.82) is 0 Å². The van der Waals surface area contributed by atoms with E-state index in [1.54, 1.807) is 4.90 Å². The van der Waals surface area contributed by atoms with Crippen molar-refractivity contribution in [3.05, 3.63) is 23.8 Å². The summed E-state index contributed by atoms with van der Waals surface area (Å²) < 4.78 is 32.7. The molecule has 0 saturated carbocycles. The monoisotopic (exact) mass is 413 g/mol. The van der Waals surface area contributed by atoms with Crippen molar-refractivity contribution in [2.45, 2.75) is 19.3 Å². The highest BCUT2D eigenvalue weighted by Gasteiger charge is 2.20. The molecule has 1 aromatic carbocycles. The number of hydrogen-bond acceptors (Lipinski definition) is 5. The molecule has 1 N–H and O–H groups in total. The maximum Gasteiger partial charge on any atom is 0.234 e. The molecule has 0 bridgehead atoms. The first-order valence-electron chi connectivity index (χ1n) is 9.51. The average molecular weight is 413 g/mol. The molecule has 2 amide bonds. The molecule has 0 aromatic heterocycles. The normalized spacial score (nSPS) is 17.5. The number of piperidine rings is 1. The summed E-state index contributed by atoms with van der Waals surface area (Å²) in [6, 6.07) is 2.17. The molecule has 2 aliphatic heterocycles. The van der Waals surface area contributed by atoms with Crippen LogP contribution in [0, 0.1) is 11.6 Å². The Morgan fingerprint density at radius 2 is 1.68 bits per heavy atom. The van der Waals surface area contributed by atoms with Gasteiger partial charge >= 0.3 is 0 Å². The highest BCUT2D eigenvalue weighted by Crippen LogP contribution is 2.31. The molecule has 2 saturated heterocycles. The number of nitrogens with zero attached hydrogens (tertiary/aromatic N) is 2. The summed E-state index contributed by atoms with van der Waals surface area (Å²) in [4.78, 5) is 28.1. The molecule has 2 heterocycles. The van der Waals surface area contributed by atoms with Gasteiger partial charge < -0.3 is 19.9 Å². The number of halogens is 2. The lowest BCUT2D eigenvalue weighted by atomic mass is 10.1. The second-order valence-corrected chi connectivity index (χ2v) is 7.85. The number of carbonyl (C=O) groups excluding carboxylic acids is 2. The van der Waals surface area contributed by atoms with E-state index in [2.05, 4.69) is 5.32 Å². The van der Waals surface area contributed by atoms with Crippen molar-refractivity contribution >= 4 is 35.0 Å². The Morgan fingerprint density at radius 3 is 2.39 bits per heavy atom. The van der Waals surface area contributed by atoms with Crippen LogP contribution < -0.4 is 10.2 Å². The summed E-state index contributed by atoms with van der Waals surface area (Å²) in [5.74, 6) is -2.03. The molecule has 0 atom stereocenters. The zero-order valence-corrected chi connectivity index (χ0v) is 16.5. The Hall–Kier alpha value is -1.87. The zero-order chi connectivity index (χ0) is 19.9. The molecule has 154 valence electrons. The molecule has 2 aliphatic rings. The lowest BCUT2D eigenvalue weighted by molar-refractivity contribution is -0.132. The summed E-state index contributed by atoms with van der Waals surface area (Å²) in [5, 5.41) is 2.68. The Kier molecular flexibility index (Phi) is 7.50. The fraction of sp³-hybridized carbons (Fsp3) is 0.579. The molecule has 0 aliphatic carbocycles. The lowest BCUT2D eigenvalue weighted by Gasteiger charge is -2.30. The number of nitrogens with one attached hydrogen (secondary N) is 1. The summed E-state index contributed by atoms with van der Waals surface area (Å²) in [6.07, 6.45) is 3.06. The minimum atomic E-state index is -0.994. The number of carbonyl (C=O) groups is 2. The summed E-state index contributed by atoms with van der Waals surface area (Å²) in [5.41, 5.74) is 0.771. The highest BCUT2D eigenvalue weighted by molar-refractivity contribution is 8.00. The van der Waals surface area contributed by atoms with Crippen LogP contribution >= 0.6 is 11.8 Å². The highest BCUT2D eigenvalue weighted by atomic mass is 32.2. The predicted molar refractivity (Wildman–Crippen MR) is 106 cm³/mol. The van der Waals surface area contributed by atoms with Gasteiger partial charge in [0.2, 0.25) is 11.8 Å². The number of anilines is 2. The third-order valence-electron chi connectivity index (χ3n) is 4.83. The average Bonchev–Trinajstić information content (AvgIpc) is 2.71. The van der Waals surface area contributed by atoms with Gasteiger partial charge in [0.05, 0.1) is 36.1 Å². The number of thioether (sulfide) groups is 1. The molecule has 0 spiro atoms. The van der Waals surface area contributed by atoms with Gasteiger partial charge in [-0.25, -0.2) is 8.78 Å². The van der Waals surface area contributed by atoms with Crippen molar-refractivity contribution in [3.63, 3.8) is 0 Å². The van der Waals surface area contributed by atoms with Crippen LogP contribution in [0.25, 0.3) is 0 Å². The predicted octanol–water partition coefficient (Wildman–Crippen LogP) is 2.49. The topological polar surface area (TPSA) is 61.9 Å². The van der Waals surface area contributed by atoms with Gasteiger partial charge in [0.25, 0.3) is 0 Å². The third-order valence-corrected chi connectivity index (χ3v) is 5.75. The van der Waals surface area contributed by atoms with Crippen LogP contribution in [0.15, 0.2) is 12.1 Å². The van der Waals surface area contributed by atoms with E-state index in [9.17, 15) is 18.4 Å². The van der Waals surface area contributed by atoms with Crippen LogP contribution in [-0.4, -0.2) is 67.6 Å². The molecule has 2 fully saturated rings. The van der Waals surface area contributed by atoms with E-state index in [0.717, 1.165) is 44.5 Å². The lowest BCUT2D eigenvalue weighted by Crippen LogP contribution is -2.41. The quantitative estimate of drug-likeness (QED) is 0.777. The number of rotatable bonds is 6. The van der Waals surface area contributed by atoms with Gasteiger partial charge in [0.1, 0.15) is 0 Å². The Balaban J connectivity index is 1.55. The van der Waals surface area contributed by atoms with Gasteiger partial charge in [-0.3, -0.25) is 9.59 Å². The fourth-order valence-corrected chi connectivity index (χ4v) is 4.07. The number of benzene rings is 1. The van der Waals surface area contributed by atoms with E-state index in [4.69, 9.17) is 4.74 Å². The SMILES string of the molecule is O=C(CSCC(=O)N1CCOCC1)Nc1cc(F)c(F)cc1N1CCCCC1. The van der Waals surface area contributed by atoms with E-state index < -0.39 is 11.6 Å². The summed E-state index contributed by atoms with van der Waals surface area (Å²) >= 11 is 1.21. The molecule has 1 aromatic rings. The Morgan fingerprint density at radius 1 is 1.00 bits per heavy atom. The van der Waals surface area contributed by atoms with Crippen LogP contribution in [-0.2, 0) is 14.3 Å². The van der Waals surface area contributed by atoms with Crippen LogP contribution in [0.3, 0.4) is 0 Å². The molecular weight excluding hydrogens is 388 g/mol. The van der Waals surface area contributed by atoms with Crippen molar-refractivity contribution in [3.8, 4) is 0 Å². The van der Waals surface area contributed by atoms with Crippen molar-refractivity contribution in [2.75, 3.05) is 61.1 Å². The number of hydrogen-bond donors (Lipinski definition) is 1. The van der Waals surface area contributed by atoms with Crippen LogP contribution in [0.4, 0.5) is 20.2 Å². The molecule has 9 heteroatoms. The third kappa shape index (κ3) is 5.57. The standard InChI is InChI=1S/C19H25F2N3O3S/c20-14-10-16(17(11-15(14)21)23-4-2-1-3-5-23)22-18(25)12-28-13-19(26)24-6-8-27-9-7-24/h10-11H,1-9,12-13H2,(H,22,25). The molecular formula is C19H25F2N3O3S. The molecule has 6 nitrogen and oxygen atoms in total. The number of amides is 2. The molecule has 28 heavy (non-hydrogen) atoms. The van der Waals surface area contributed by atoms with Crippen molar-refractivity contribution in [2.24, 2.45) is 0 Å². The maximum absolute atomic E-state index is 13.8. The summed E-state index contributed by atoms with van der Waals surface area (Å²) in [6.45, 7) is 3.70. The maximum atomic E-state index is 13.8. The van der Waals surface area contributed by atoms with Gasteiger partial charge in [-0.15, -0.1) is 11.8 Å². The molecule has 3 rings (SSSR count). The Labute approximate surface area is 167 Å². The second-order valence-electron chi connectivity index (χ2n) is 6.87. The second kappa shape index (κ2) is 10.1. The van der Waals surface area contributed by atoms with Gasteiger partial charge in [-0.1, -0.05) is 0 Å². The van der Waals surface area contributed by atoms with Gasteiger partial charge in [0, 0.05) is 38.3 Å². The van der Waals surface area contributed by atoms with E-state index in [1.807, 2.05) is 4.90 Å². The van der Waals surface area contributed by atoms with E-state index >= 15 is 0 Å². The molecule has 0 radical (unpaired) electrons. The first-order valence-corrected chi connectivity index (χ1v) is 10.7. The minimum absolute atomic E-state index is 0.0251. The van der Waals surface area contributed by atoms with Gasteiger partial charge in [0.15, 0.2) is 11.6 Å². The largest absolute Gasteiger partial charge is 0.378 e. The van der Waals surface area contributed by atoms with Gasteiger partial charge in [-0.2, -0.15) is 0 Å². The zero-order valence-electron chi connectivity index (χ0n) is 15.7. The summed E-state index contributed by atoms with van der Waals surface area (Å²) in [7, 11) is 0. The first-order chi connectivity index (χ1) is 13.5. The van der Waals surface area contributed by atoms with Crippen molar-refractivity contribution in [1.82, 2.24) is 4.90 Å². The van der Waals surface area contributed by atoms with E-state index in [1.165, 1.54) is 11.8 Å². The van der Waals surface area contributed by atoms with E-state index in [-0.39, 0.29) is 29.0 Å². The number of morpholine rings is 1. The molecule has 0 unspecified atom stereocenters. The van der Waals surface area contributed by atoms with Crippen molar-refractivity contribution < 1.29 is 23.1 Å². The van der Waals surface area contributed by atoms with Crippen LogP contribution in [0.2, 0.25) is 0 Å². The van der Waals surface area contributed by atoms with Crippen LogP contribution in [0.5, 0.6) is 0 Å². The fourth-order valence-electron chi connectivity index (χ4n) is 3.35. The number of ether oxygens (including phenoxy) is 1.